The normalized spacial score (nSPS) is 11.7. The predicted octanol–water partition coefficient (Wildman–Crippen LogP) is 5.08. The van der Waals surface area contributed by atoms with Gasteiger partial charge in [0, 0.05) is 41.2 Å². The number of sulfonamides is 1. The largest absolute Gasteiger partial charge is 0.450 e. The summed E-state index contributed by atoms with van der Waals surface area (Å²) in [6.07, 6.45) is 1.09. The average Bonchev–Trinajstić information content (AvgIpc) is 3.22. The van der Waals surface area contributed by atoms with Crippen LogP contribution in [-0.4, -0.2) is 37.5 Å². The molecule has 9 nitrogen and oxygen atoms in total. The molecule has 3 N–H and O–H groups in total. The summed E-state index contributed by atoms with van der Waals surface area (Å²) in [7, 11) is -3.91. The molecule has 0 atom stereocenters. The third-order valence-electron chi connectivity index (χ3n) is 4.46. The fourth-order valence-corrected chi connectivity index (χ4v) is 5.89. The SMILES string of the molecule is CCOC(=O)Nc1ccc(-c2ncc(-c3ccc(NC(C)=O)cc3S(=O)(=O)NC(C)(C)C)s2)cc1. The molecule has 0 aliphatic heterocycles. The molecule has 2 aromatic carbocycles. The first-order valence-electron chi connectivity index (χ1n) is 10.8. The van der Waals surface area contributed by atoms with Crippen LogP contribution < -0.4 is 15.4 Å². The van der Waals surface area contributed by atoms with Gasteiger partial charge in [-0.2, -0.15) is 0 Å². The van der Waals surface area contributed by atoms with Crippen molar-refractivity contribution in [2.45, 2.75) is 45.1 Å². The summed E-state index contributed by atoms with van der Waals surface area (Å²) in [5.41, 5.74) is 1.55. The van der Waals surface area contributed by atoms with Crippen LogP contribution in [0.3, 0.4) is 0 Å². The van der Waals surface area contributed by atoms with Crippen LogP contribution in [0.1, 0.15) is 34.6 Å². The molecule has 3 rings (SSSR count). The zero-order valence-corrected chi connectivity index (χ0v) is 21.8. The molecule has 1 heterocycles. The molecule has 2 amide bonds. The zero-order chi connectivity index (χ0) is 25.8. The van der Waals surface area contributed by atoms with Crippen molar-refractivity contribution in [3.8, 4) is 21.0 Å². The molecule has 1 aromatic heterocycles. The van der Waals surface area contributed by atoms with Crippen LogP contribution in [0.5, 0.6) is 0 Å². The number of nitrogens with zero attached hydrogens (tertiary/aromatic N) is 1. The summed E-state index contributed by atoms with van der Waals surface area (Å²) < 4.78 is 34.0. The maximum absolute atomic E-state index is 13.2. The molecular weight excluding hydrogens is 488 g/mol. The number of ether oxygens (including phenoxy) is 1. The number of rotatable bonds is 7. The van der Waals surface area contributed by atoms with Crippen LogP contribution >= 0.6 is 11.3 Å². The Bertz CT molecular complexity index is 1330. The van der Waals surface area contributed by atoms with Gasteiger partial charge < -0.3 is 10.1 Å². The Morgan fingerprint density at radius 3 is 2.29 bits per heavy atom. The minimum atomic E-state index is -3.91. The van der Waals surface area contributed by atoms with Crippen molar-refractivity contribution in [2.75, 3.05) is 17.2 Å². The van der Waals surface area contributed by atoms with E-state index in [4.69, 9.17) is 4.74 Å². The van der Waals surface area contributed by atoms with Gasteiger partial charge in [0.1, 0.15) is 5.01 Å². The van der Waals surface area contributed by atoms with Gasteiger partial charge in [-0.25, -0.2) is 22.9 Å². The van der Waals surface area contributed by atoms with E-state index in [1.54, 1.807) is 58.2 Å². The van der Waals surface area contributed by atoms with E-state index in [0.29, 0.717) is 26.8 Å². The molecule has 35 heavy (non-hydrogen) atoms. The van der Waals surface area contributed by atoms with E-state index in [2.05, 4.69) is 20.3 Å². The van der Waals surface area contributed by atoms with E-state index in [-0.39, 0.29) is 17.4 Å². The second kappa shape index (κ2) is 10.5. The number of aromatic nitrogens is 1. The van der Waals surface area contributed by atoms with Gasteiger partial charge in [-0.15, -0.1) is 11.3 Å². The van der Waals surface area contributed by atoms with E-state index in [1.807, 2.05) is 12.1 Å². The van der Waals surface area contributed by atoms with Gasteiger partial charge >= 0.3 is 6.09 Å². The number of anilines is 2. The lowest BCUT2D eigenvalue weighted by Gasteiger charge is -2.22. The number of hydrogen-bond donors (Lipinski definition) is 3. The summed E-state index contributed by atoms with van der Waals surface area (Å²) in [6, 6.07) is 11.8. The van der Waals surface area contributed by atoms with Crippen molar-refractivity contribution >= 4 is 44.7 Å². The lowest BCUT2D eigenvalue weighted by atomic mass is 10.1. The number of nitrogens with one attached hydrogen (secondary N) is 3. The average molecular weight is 517 g/mol. The summed E-state index contributed by atoms with van der Waals surface area (Å²) in [5, 5.41) is 5.95. The molecule has 0 bridgehead atoms. The highest BCUT2D eigenvalue weighted by molar-refractivity contribution is 7.89. The van der Waals surface area contributed by atoms with Crippen molar-refractivity contribution in [3.05, 3.63) is 48.7 Å². The monoisotopic (exact) mass is 516 g/mol. The maximum atomic E-state index is 13.2. The molecule has 0 aliphatic carbocycles. The molecule has 3 aromatic rings. The minimum absolute atomic E-state index is 0.0443. The molecule has 0 fully saturated rings. The highest BCUT2D eigenvalue weighted by Crippen LogP contribution is 2.37. The minimum Gasteiger partial charge on any atom is -0.450 e. The molecule has 0 saturated carbocycles. The third-order valence-corrected chi connectivity index (χ3v) is 7.33. The highest BCUT2D eigenvalue weighted by Gasteiger charge is 2.26. The van der Waals surface area contributed by atoms with Crippen LogP contribution in [0.15, 0.2) is 53.6 Å². The standard InChI is InChI=1S/C24H28N4O5S2/c1-6-33-23(30)27-17-9-7-16(8-10-17)22-25-14-20(34-22)19-12-11-18(26-15(2)29)13-21(19)35(31,32)28-24(3,4)5/h7-14,28H,6H2,1-5H3,(H,26,29)(H,27,30). The smallest absolute Gasteiger partial charge is 0.411 e. The van der Waals surface area contributed by atoms with Gasteiger partial charge in [-0.3, -0.25) is 10.1 Å². The van der Waals surface area contributed by atoms with Crippen LogP contribution in [0, 0.1) is 0 Å². The molecule has 0 radical (unpaired) electrons. The summed E-state index contributed by atoms with van der Waals surface area (Å²) >= 11 is 1.33. The Hall–Kier alpha value is -3.28. The second-order valence-electron chi connectivity index (χ2n) is 8.70. The molecule has 0 saturated heterocycles. The number of thiazole rings is 1. The van der Waals surface area contributed by atoms with Crippen LogP contribution in [0.25, 0.3) is 21.0 Å². The van der Waals surface area contributed by atoms with Crippen molar-refractivity contribution in [3.63, 3.8) is 0 Å². The molecule has 11 heteroatoms. The molecular formula is C24H28N4O5S2. The Balaban J connectivity index is 1.96. The number of benzene rings is 2. The highest BCUT2D eigenvalue weighted by atomic mass is 32.2. The fourth-order valence-electron chi connectivity index (χ4n) is 3.20. The second-order valence-corrected chi connectivity index (χ2v) is 11.4. The molecule has 0 unspecified atom stereocenters. The first-order valence-corrected chi connectivity index (χ1v) is 13.1. The molecule has 186 valence electrons. The van der Waals surface area contributed by atoms with Crippen LogP contribution in [0.4, 0.5) is 16.2 Å². The van der Waals surface area contributed by atoms with E-state index in [1.165, 1.54) is 24.3 Å². The number of amides is 2. The summed E-state index contributed by atoms with van der Waals surface area (Å²) in [6.45, 7) is 8.64. The third kappa shape index (κ3) is 7.10. The van der Waals surface area contributed by atoms with Crippen molar-refractivity contribution in [1.29, 1.82) is 0 Å². The van der Waals surface area contributed by atoms with Gasteiger partial charge in [0.15, 0.2) is 0 Å². The zero-order valence-electron chi connectivity index (χ0n) is 20.1. The molecule has 0 spiro atoms. The lowest BCUT2D eigenvalue weighted by molar-refractivity contribution is -0.114. The summed E-state index contributed by atoms with van der Waals surface area (Å²) in [5.74, 6) is -0.300. The van der Waals surface area contributed by atoms with E-state index >= 15 is 0 Å². The topological polar surface area (TPSA) is 126 Å². The van der Waals surface area contributed by atoms with Gasteiger partial charge in [0.2, 0.25) is 15.9 Å². The van der Waals surface area contributed by atoms with Crippen molar-refractivity contribution in [2.24, 2.45) is 0 Å². The number of carbonyl (C=O) groups is 2. The Morgan fingerprint density at radius 2 is 1.69 bits per heavy atom. The first-order chi connectivity index (χ1) is 16.4. The predicted molar refractivity (Wildman–Crippen MR) is 138 cm³/mol. The van der Waals surface area contributed by atoms with Crippen molar-refractivity contribution < 1.29 is 22.7 Å². The molecule has 0 aliphatic rings. The van der Waals surface area contributed by atoms with Gasteiger partial charge in [-0.1, -0.05) is 6.07 Å². The first kappa shape index (κ1) is 26.3. The maximum Gasteiger partial charge on any atom is 0.411 e. The lowest BCUT2D eigenvalue weighted by Crippen LogP contribution is -2.40. The van der Waals surface area contributed by atoms with Gasteiger partial charge in [0.05, 0.1) is 16.4 Å². The van der Waals surface area contributed by atoms with E-state index in [9.17, 15) is 18.0 Å². The Kier molecular flexibility index (Phi) is 7.93. The van der Waals surface area contributed by atoms with Gasteiger partial charge in [0.25, 0.3) is 0 Å². The van der Waals surface area contributed by atoms with E-state index < -0.39 is 21.7 Å². The van der Waals surface area contributed by atoms with Crippen LogP contribution in [0.2, 0.25) is 0 Å². The number of carbonyl (C=O) groups excluding carboxylic acids is 2. The fraction of sp³-hybridized carbons (Fsp3) is 0.292. The quantitative estimate of drug-likeness (QED) is 0.402. The van der Waals surface area contributed by atoms with E-state index in [0.717, 1.165) is 5.56 Å². The van der Waals surface area contributed by atoms with Crippen LogP contribution in [-0.2, 0) is 19.6 Å². The Morgan fingerprint density at radius 1 is 1.03 bits per heavy atom. The van der Waals surface area contributed by atoms with Crippen molar-refractivity contribution in [1.82, 2.24) is 9.71 Å². The summed E-state index contributed by atoms with van der Waals surface area (Å²) in [4.78, 5) is 28.3. The number of hydrogen-bond acceptors (Lipinski definition) is 7. The van der Waals surface area contributed by atoms with Gasteiger partial charge in [-0.05, 0) is 64.1 Å². The Labute approximate surface area is 209 Å².